The summed E-state index contributed by atoms with van der Waals surface area (Å²) in [5, 5.41) is 2.24. The van der Waals surface area contributed by atoms with Gasteiger partial charge in [0.25, 0.3) is 5.56 Å². The molecule has 0 spiro atoms. The molecule has 2 aliphatic rings. The van der Waals surface area contributed by atoms with Gasteiger partial charge in [-0.15, -0.1) is 0 Å². The van der Waals surface area contributed by atoms with Crippen LogP contribution in [-0.2, 0) is 20.7 Å². The number of aromatic nitrogens is 1. The van der Waals surface area contributed by atoms with Crippen LogP contribution in [0.25, 0.3) is 0 Å². The van der Waals surface area contributed by atoms with Crippen LogP contribution >= 0.6 is 0 Å². The first-order chi connectivity index (χ1) is 12.6. The quantitative estimate of drug-likeness (QED) is 0.720. The van der Waals surface area contributed by atoms with Gasteiger partial charge < -0.3 is 19.1 Å². The van der Waals surface area contributed by atoms with E-state index in [0.29, 0.717) is 50.6 Å². The van der Waals surface area contributed by atoms with Crippen molar-refractivity contribution in [1.29, 1.82) is 0 Å². The molecule has 1 aromatic rings. The molecule has 2 saturated heterocycles. The number of piperidine rings is 2. The van der Waals surface area contributed by atoms with E-state index in [2.05, 4.69) is 5.16 Å². The van der Waals surface area contributed by atoms with Crippen molar-refractivity contribution in [2.75, 3.05) is 33.4 Å². The zero-order chi connectivity index (χ0) is 18.5. The first kappa shape index (κ1) is 18.7. The molecule has 2 amide bonds. The van der Waals surface area contributed by atoms with E-state index < -0.39 is 0 Å². The Bertz CT molecular complexity index is 682. The number of carbonyl (C=O) groups is 2. The number of H-pyrrole nitrogens is 1. The lowest BCUT2D eigenvalue weighted by atomic mass is 9.83. The molecular formula is C18H27N3O5. The molecule has 2 atom stereocenters. The second-order valence-corrected chi connectivity index (χ2v) is 7.11. The van der Waals surface area contributed by atoms with Gasteiger partial charge in [0.1, 0.15) is 5.76 Å². The van der Waals surface area contributed by atoms with Crippen molar-refractivity contribution in [1.82, 2.24) is 15.0 Å². The first-order valence-electron chi connectivity index (χ1n) is 9.32. The Morgan fingerprint density at radius 2 is 2.23 bits per heavy atom. The van der Waals surface area contributed by atoms with Crippen LogP contribution in [0.15, 0.2) is 15.4 Å². The molecule has 26 heavy (non-hydrogen) atoms. The van der Waals surface area contributed by atoms with Crippen LogP contribution in [0.3, 0.4) is 0 Å². The highest BCUT2D eigenvalue weighted by atomic mass is 16.5. The van der Waals surface area contributed by atoms with Crippen LogP contribution in [0.4, 0.5) is 0 Å². The van der Waals surface area contributed by atoms with Gasteiger partial charge in [-0.3, -0.25) is 14.4 Å². The highest BCUT2D eigenvalue weighted by Crippen LogP contribution is 2.31. The molecule has 0 unspecified atom stereocenters. The van der Waals surface area contributed by atoms with Crippen molar-refractivity contribution in [2.24, 2.45) is 5.92 Å². The maximum atomic E-state index is 12.5. The topological polar surface area (TPSA) is 95.9 Å². The van der Waals surface area contributed by atoms with Gasteiger partial charge in [0, 0.05) is 64.7 Å². The van der Waals surface area contributed by atoms with Crippen molar-refractivity contribution >= 4 is 11.8 Å². The molecule has 2 fully saturated rings. The number of hydrogen-bond acceptors (Lipinski definition) is 5. The van der Waals surface area contributed by atoms with E-state index in [4.69, 9.17) is 9.26 Å². The Balaban J connectivity index is 1.52. The summed E-state index contributed by atoms with van der Waals surface area (Å²) < 4.78 is 10.1. The van der Waals surface area contributed by atoms with Gasteiger partial charge >= 0.3 is 0 Å². The van der Waals surface area contributed by atoms with Crippen molar-refractivity contribution in [2.45, 2.75) is 44.6 Å². The van der Waals surface area contributed by atoms with Gasteiger partial charge in [0.05, 0.1) is 0 Å². The normalized spacial score (nSPS) is 23.2. The van der Waals surface area contributed by atoms with E-state index in [9.17, 15) is 14.4 Å². The van der Waals surface area contributed by atoms with Crippen molar-refractivity contribution in [3.05, 3.63) is 22.2 Å². The number of likely N-dealkylation sites (tertiary alicyclic amines) is 2. The second-order valence-electron chi connectivity index (χ2n) is 7.11. The van der Waals surface area contributed by atoms with Crippen LogP contribution in [-0.4, -0.2) is 66.2 Å². The smallest absolute Gasteiger partial charge is 0.280 e. The molecule has 8 heteroatoms. The minimum atomic E-state index is -0.284. The molecule has 1 aromatic heterocycles. The molecule has 8 nitrogen and oxygen atoms in total. The lowest BCUT2D eigenvalue weighted by Crippen LogP contribution is -2.57. The minimum Gasteiger partial charge on any atom is -0.385 e. The molecule has 3 heterocycles. The van der Waals surface area contributed by atoms with Gasteiger partial charge in [-0.05, 0) is 25.2 Å². The number of nitrogens with zero attached hydrogens (tertiary/aromatic N) is 2. The van der Waals surface area contributed by atoms with Crippen LogP contribution in [0.5, 0.6) is 0 Å². The number of rotatable bonds is 7. The maximum Gasteiger partial charge on any atom is 0.280 e. The van der Waals surface area contributed by atoms with Gasteiger partial charge in [-0.2, -0.15) is 5.16 Å². The largest absolute Gasteiger partial charge is 0.385 e. The Morgan fingerprint density at radius 1 is 1.38 bits per heavy atom. The van der Waals surface area contributed by atoms with Gasteiger partial charge in [0.2, 0.25) is 11.8 Å². The van der Waals surface area contributed by atoms with Gasteiger partial charge in [-0.25, -0.2) is 0 Å². The van der Waals surface area contributed by atoms with Crippen LogP contribution in [0.1, 0.15) is 37.9 Å². The third-order valence-corrected chi connectivity index (χ3v) is 5.40. The van der Waals surface area contributed by atoms with Gasteiger partial charge in [-0.1, -0.05) is 0 Å². The highest BCUT2D eigenvalue weighted by Gasteiger charge is 2.39. The summed E-state index contributed by atoms with van der Waals surface area (Å²) in [6, 6.07) is 1.62. The number of aryl methyl sites for hydroxylation is 1. The first-order valence-corrected chi connectivity index (χ1v) is 9.32. The fourth-order valence-electron chi connectivity index (χ4n) is 4.08. The summed E-state index contributed by atoms with van der Waals surface area (Å²) in [6.07, 6.45) is 3.83. The predicted octanol–water partition coefficient (Wildman–Crippen LogP) is 0.777. The average Bonchev–Trinajstić information content (AvgIpc) is 3.06. The van der Waals surface area contributed by atoms with Crippen LogP contribution < -0.4 is 5.56 Å². The van der Waals surface area contributed by atoms with Crippen molar-refractivity contribution in [3.63, 3.8) is 0 Å². The maximum absolute atomic E-state index is 12.5. The van der Waals surface area contributed by atoms with Crippen LogP contribution in [0.2, 0.25) is 0 Å². The molecule has 1 N–H and O–H groups in total. The Morgan fingerprint density at radius 3 is 2.96 bits per heavy atom. The van der Waals surface area contributed by atoms with Crippen LogP contribution in [0, 0.1) is 5.92 Å². The fraction of sp³-hybridized carbons (Fsp3) is 0.722. The summed E-state index contributed by atoms with van der Waals surface area (Å²) in [6.45, 7) is 2.76. The van der Waals surface area contributed by atoms with E-state index in [1.165, 1.54) is 6.07 Å². The number of methoxy groups -OCH3 is 1. The summed E-state index contributed by atoms with van der Waals surface area (Å²) >= 11 is 0. The Labute approximate surface area is 152 Å². The number of nitrogens with one attached hydrogen (secondary N) is 1. The highest BCUT2D eigenvalue weighted by molar-refractivity contribution is 5.78. The molecule has 0 radical (unpaired) electrons. The molecule has 144 valence electrons. The summed E-state index contributed by atoms with van der Waals surface area (Å²) in [7, 11) is 1.67. The van der Waals surface area contributed by atoms with Crippen molar-refractivity contribution < 1.29 is 18.8 Å². The SMILES string of the molecule is COCCCN1C(=O)CC[C@H]2CN(C(=O)CCc3cc(=O)[nH]o3)CC[C@H]21. The summed E-state index contributed by atoms with van der Waals surface area (Å²) in [5.41, 5.74) is -0.284. The number of hydrogen-bond donors (Lipinski definition) is 1. The summed E-state index contributed by atoms with van der Waals surface area (Å²) in [4.78, 5) is 39.8. The Kier molecular flexibility index (Phi) is 6.13. The van der Waals surface area contributed by atoms with E-state index in [-0.39, 0.29) is 23.4 Å². The van der Waals surface area contributed by atoms with Crippen molar-refractivity contribution in [3.8, 4) is 0 Å². The molecule has 3 rings (SSSR count). The van der Waals surface area contributed by atoms with E-state index >= 15 is 0 Å². The number of carbonyl (C=O) groups excluding carboxylic acids is 2. The van der Waals surface area contributed by atoms with E-state index in [1.807, 2.05) is 9.80 Å². The second kappa shape index (κ2) is 8.53. The lowest BCUT2D eigenvalue weighted by molar-refractivity contribution is -0.144. The number of aromatic amines is 1. The minimum absolute atomic E-state index is 0.0788. The van der Waals surface area contributed by atoms with E-state index in [1.54, 1.807) is 7.11 Å². The number of ether oxygens (including phenoxy) is 1. The lowest BCUT2D eigenvalue weighted by Gasteiger charge is -2.47. The zero-order valence-corrected chi connectivity index (χ0v) is 15.2. The molecule has 0 aromatic carbocycles. The van der Waals surface area contributed by atoms with E-state index in [0.717, 1.165) is 25.8 Å². The van der Waals surface area contributed by atoms with Gasteiger partial charge in [0.15, 0.2) is 0 Å². The average molecular weight is 365 g/mol. The standard InChI is InChI=1S/C18H27N3O5/c1-25-10-2-8-21-15-7-9-20(12-13(15)3-5-18(21)24)17(23)6-4-14-11-16(22)19-26-14/h11,13,15H,2-10,12H2,1H3,(H,19,22)/t13-,15+/m0/s1. The summed E-state index contributed by atoms with van der Waals surface area (Å²) in [5.74, 6) is 1.16. The number of fused-ring (bicyclic) bond motifs is 1. The molecule has 0 bridgehead atoms. The number of amides is 2. The predicted molar refractivity (Wildman–Crippen MR) is 93.6 cm³/mol. The monoisotopic (exact) mass is 365 g/mol. The molecule has 0 aliphatic carbocycles. The fourth-order valence-corrected chi connectivity index (χ4v) is 4.08. The molecular weight excluding hydrogens is 338 g/mol. The Hall–Kier alpha value is -2.09. The molecule has 0 saturated carbocycles. The zero-order valence-electron chi connectivity index (χ0n) is 15.2. The third kappa shape index (κ3) is 4.35. The molecule has 2 aliphatic heterocycles. The third-order valence-electron chi connectivity index (χ3n) is 5.40.